The number of halogens is 10. The number of ether oxygens (including phenoxy) is 1. The van der Waals surface area contributed by atoms with E-state index in [1.54, 1.807) is 0 Å². The largest absolute Gasteiger partial charge is 0.440 e. The topological polar surface area (TPSA) is 44.1 Å². The van der Waals surface area contributed by atoms with Crippen molar-refractivity contribution < 1.29 is 52.8 Å². The summed E-state index contributed by atoms with van der Waals surface area (Å²) in [7, 11) is -2.64. The fraction of sp³-hybridized carbons (Fsp3) is 0.400. The van der Waals surface area contributed by atoms with Crippen molar-refractivity contribution in [1.29, 1.82) is 0 Å². The Hall–Kier alpha value is -2.32. The summed E-state index contributed by atoms with van der Waals surface area (Å²) in [6.07, 6.45) is -20.1. The summed E-state index contributed by atoms with van der Waals surface area (Å²) in [5, 5.41) is 3.21. The van der Waals surface area contributed by atoms with E-state index < -0.39 is 63.5 Å². The predicted molar refractivity (Wildman–Crippen MR) is 82.1 cm³/mol. The van der Waals surface area contributed by atoms with Crippen LogP contribution in [0.25, 0.3) is 5.69 Å². The minimum Gasteiger partial charge on any atom is -0.411 e. The molecule has 15 heteroatoms. The molecule has 2 atom stereocenters. The van der Waals surface area contributed by atoms with Gasteiger partial charge in [0.05, 0.1) is 10.8 Å². The lowest BCUT2D eigenvalue weighted by Crippen LogP contribution is -2.45. The van der Waals surface area contributed by atoms with Gasteiger partial charge >= 0.3 is 18.5 Å². The van der Waals surface area contributed by atoms with Crippen molar-refractivity contribution in [2.75, 3.05) is 5.75 Å². The zero-order chi connectivity index (χ0) is 23.1. The number of benzene rings is 1. The SMILES string of the molecule is Cc1cc(F)c(-n2ccc(OC(F)(F)C(F)C(F)(F)F)n2)cc1S(=O)CC(F)(F)F. The summed E-state index contributed by atoms with van der Waals surface area (Å²) >= 11 is 0. The van der Waals surface area contributed by atoms with Gasteiger partial charge in [-0.25, -0.2) is 13.5 Å². The fourth-order valence-corrected chi connectivity index (χ4v) is 3.28. The molecule has 168 valence electrons. The normalized spacial score (nSPS) is 15.2. The minimum absolute atomic E-state index is 0.112. The molecule has 1 aromatic heterocycles. The summed E-state index contributed by atoms with van der Waals surface area (Å²) in [5.41, 5.74) is -0.767. The van der Waals surface area contributed by atoms with E-state index in [1.165, 1.54) is 6.92 Å². The van der Waals surface area contributed by atoms with Crippen molar-refractivity contribution >= 4 is 10.8 Å². The highest BCUT2D eigenvalue weighted by molar-refractivity contribution is 7.85. The van der Waals surface area contributed by atoms with E-state index in [2.05, 4.69) is 9.84 Å². The van der Waals surface area contributed by atoms with Gasteiger partial charge in [-0.15, -0.1) is 5.10 Å². The molecule has 1 heterocycles. The zero-order valence-corrected chi connectivity index (χ0v) is 15.3. The average Bonchev–Trinajstić information content (AvgIpc) is 2.98. The van der Waals surface area contributed by atoms with Crippen LogP contribution in [0, 0.1) is 12.7 Å². The van der Waals surface area contributed by atoms with Crippen LogP contribution < -0.4 is 4.74 Å². The van der Waals surface area contributed by atoms with Crippen molar-refractivity contribution in [1.82, 2.24) is 9.78 Å². The van der Waals surface area contributed by atoms with Gasteiger partial charge in [0.2, 0.25) is 5.88 Å². The van der Waals surface area contributed by atoms with Crippen LogP contribution in [0.2, 0.25) is 0 Å². The minimum atomic E-state index is -5.94. The van der Waals surface area contributed by atoms with Crippen molar-refractivity contribution in [3.8, 4) is 11.6 Å². The highest BCUT2D eigenvalue weighted by Gasteiger charge is 2.59. The van der Waals surface area contributed by atoms with Crippen molar-refractivity contribution in [3.63, 3.8) is 0 Å². The van der Waals surface area contributed by atoms with Crippen LogP contribution in [0.15, 0.2) is 29.3 Å². The van der Waals surface area contributed by atoms with Crippen molar-refractivity contribution in [2.45, 2.75) is 36.5 Å². The first-order valence-corrected chi connectivity index (χ1v) is 8.92. The number of nitrogens with zero attached hydrogens (tertiary/aromatic N) is 2. The lowest BCUT2D eigenvalue weighted by atomic mass is 10.2. The Kier molecular flexibility index (Phi) is 6.45. The number of hydrogen-bond acceptors (Lipinski definition) is 3. The van der Waals surface area contributed by atoms with E-state index in [0.717, 1.165) is 6.20 Å². The second-order valence-corrected chi connectivity index (χ2v) is 7.26. The van der Waals surface area contributed by atoms with Crippen LogP contribution in [0.5, 0.6) is 5.88 Å². The molecule has 0 aliphatic heterocycles. The van der Waals surface area contributed by atoms with Crippen LogP contribution in [-0.2, 0) is 10.8 Å². The Morgan fingerprint density at radius 1 is 1.13 bits per heavy atom. The summed E-state index contributed by atoms with van der Waals surface area (Å²) < 4.78 is 143. The van der Waals surface area contributed by atoms with Crippen LogP contribution >= 0.6 is 0 Å². The van der Waals surface area contributed by atoms with E-state index in [4.69, 9.17) is 0 Å². The average molecular weight is 472 g/mol. The molecule has 2 rings (SSSR count). The summed E-state index contributed by atoms with van der Waals surface area (Å²) in [5.74, 6) is -4.10. The van der Waals surface area contributed by atoms with Crippen molar-refractivity contribution in [3.05, 3.63) is 35.8 Å². The molecular formula is C15H10F10N2O2S. The van der Waals surface area contributed by atoms with Gasteiger partial charge in [-0.2, -0.15) is 35.1 Å². The second kappa shape index (κ2) is 8.07. The Balaban J connectivity index is 2.35. The van der Waals surface area contributed by atoms with Gasteiger partial charge < -0.3 is 4.74 Å². The molecule has 0 N–H and O–H groups in total. The van der Waals surface area contributed by atoms with E-state index in [-0.39, 0.29) is 5.56 Å². The number of aryl methyl sites for hydroxylation is 1. The molecule has 0 aliphatic carbocycles. The summed E-state index contributed by atoms with van der Waals surface area (Å²) in [4.78, 5) is -0.437. The van der Waals surface area contributed by atoms with Gasteiger partial charge in [-0.3, -0.25) is 4.21 Å². The van der Waals surface area contributed by atoms with Gasteiger partial charge in [0.1, 0.15) is 17.3 Å². The molecule has 0 saturated heterocycles. The Morgan fingerprint density at radius 3 is 2.27 bits per heavy atom. The van der Waals surface area contributed by atoms with Gasteiger partial charge in [-0.1, -0.05) is 0 Å². The number of alkyl halides is 9. The van der Waals surface area contributed by atoms with Crippen LogP contribution in [0.4, 0.5) is 43.9 Å². The maximum absolute atomic E-state index is 14.2. The van der Waals surface area contributed by atoms with E-state index in [9.17, 15) is 48.1 Å². The molecule has 0 aliphatic rings. The smallest absolute Gasteiger partial charge is 0.411 e. The number of rotatable bonds is 6. The highest BCUT2D eigenvalue weighted by atomic mass is 32.2. The van der Waals surface area contributed by atoms with Crippen LogP contribution in [-0.4, -0.2) is 44.4 Å². The quantitative estimate of drug-likeness (QED) is 0.565. The van der Waals surface area contributed by atoms with Crippen LogP contribution in [0.1, 0.15) is 5.56 Å². The van der Waals surface area contributed by atoms with Gasteiger partial charge in [0.15, 0.2) is 0 Å². The summed E-state index contributed by atoms with van der Waals surface area (Å²) in [6, 6.07) is 1.95. The molecule has 2 aromatic rings. The fourth-order valence-electron chi connectivity index (χ4n) is 2.17. The highest BCUT2D eigenvalue weighted by Crippen LogP contribution is 2.36. The monoisotopic (exact) mass is 472 g/mol. The maximum atomic E-state index is 14.2. The Bertz CT molecular complexity index is 938. The lowest BCUT2D eigenvalue weighted by molar-refractivity contribution is -0.305. The molecule has 0 spiro atoms. The molecule has 2 unspecified atom stereocenters. The third kappa shape index (κ3) is 5.64. The maximum Gasteiger partial charge on any atom is 0.440 e. The first-order valence-electron chi connectivity index (χ1n) is 7.60. The molecule has 0 saturated carbocycles. The van der Waals surface area contributed by atoms with Gasteiger partial charge in [0, 0.05) is 17.2 Å². The number of hydrogen-bond donors (Lipinski definition) is 0. The predicted octanol–water partition coefficient (Wildman–Crippen LogP) is 4.86. The third-order valence-electron chi connectivity index (χ3n) is 3.42. The van der Waals surface area contributed by atoms with Gasteiger partial charge in [0.25, 0.3) is 6.17 Å². The molecule has 0 amide bonds. The first kappa shape index (κ1) is 24.0. The molecule has 0 bridgehead atoms. The lowest BCUT2D eigenvalue weighted by Gasteiger charge is -2.21. The molecule has 30 heavy (non-hydrogen) atoms. The van der Waals surface area contributed by atoms with Crippen molar-refractivity contribution in [2.24, 2.45) is 0 Å². The van der Waals surface area contributed by atoms with Crippen LogP contribution in [0.3, 0.4) is 0 Å². The molecule has 4 nitrogen and oxygen atoms in total. The van der Waals surface area contributed by atoms with E-state index >= 15 is 0 Å². The van der Waals surface area contributed by atoms with E-state index in [1.807, 2.05) is 0 Å². The molecule has 0 radical (unpaired) electrons. The standard InChI is InChI=1S/C15H10F10N2O2S/c1-7-4-8(16)9(5-10(7)30(28)6-13(18,19)20)27-3-2-11(26-27)29-15(24,25)12(17)14(21,22)23/h2-5,12H,6H2,1H3. The van der Waals surface area contributed by atoms with E-state index in [0.29, 0.717) is 22.9 Å². The summed E-state index contributed by atoms with van der Waals surface area (Å²) in [6.45, 7) is 1.17. The van der Waals surface area contributed by atoms with Gasteiger partial charge in [-0.05, 0) is 24.6 Å². The molecule has 1 aromatic carbocycles. The second-order valence-electron chi connectivity index (χ2n) is 5.84. The number of aromatic nitrogens is 2. The zero-order valence-electron chi connectivity index (χ0n) is 14.5. The molecular weight excluding hydrogens is 462 g/mol. The first-order chi connectivity index (χ1) is 13.5. The Morgan fingerprint density at radius 2 is 1.73 bits per heavy atom. The third-order valence-corrected chi connectivity index (χ3v) is 4.94. The Labute approximate surface area is 163 Å². The molecule has 0 fully saturated rings.